The lowest BCUT2D eigenvalue weighted by Gasteiger charge is -2.34. The molecule has 1 aliphatic rings. The molecule has 0 radical (unpaired) electrons. The Morgan fingerprint density at radius 3 is 2.84 bits per heavy atom. The van der Waals surface area contributed by atoms with Gasteiger partial charge in [0, 0.05) is 36.1 Å². The molecule has 3 aromatic rings. The van der Waals surface area contributed by atoms with Crippen LogP contribution < -0.4 is 0 Å². The first kappa shape index (κ1) is 16.3. The van der Waals surface area contributed by atoms with Crippen molar-refractivity contribution >= 4 is 11.6 Å². The van der Waals surface area contributed by atoms with Crippen LogP contribution in [0.4, 0.5) is 0 Å². The van der Waals surface area contributed by atoms with Gasteiger partial charge in [-0.25, -0.2) is 0 Å². The van der Waals surface area contributed by atoms with E-state index in [-0.39, 0.29) is 6.04 Å². The van der Waals surface area contributed by atoms with Crippen molar-refractivity contribution in [2.75, 3.05) is 19.8 Å². The van der Waals surface area contributed by atoms with E-state index in [1.54, 1.807) is 0 Å². The Hall–Kier alpha value is -2.15. The maximum absolute atomic E-state index is 5.93. The molecule has 6 nitrogen and oxygen atoms in total. The van der Waals surface area contributed by atoms with E-state index in [2.05, 4.69) is 25.7 Å². The summed E-state index contributed by atoms with van der Waals surface area (Å²) in [4.78, 5) is 6.85. The first-order valence-corrected chi connectivity index (χ1v) is 8.60. The van der Waals surface area contributed by atoms with Gasteiger partial charge in [0.15, 0.2) is 0 Å². The molecule has 7 heteroatoms. The molecule has 1 saturated heterocycles. The van der Waals surface area contributed by atoms with Gasteiger partial charge in [-0.05, 0) is 36.4 Å². The quantitative estimate of drug-likeness (QED) is 0.716. The third-order valence-electron chi connectivity index (χ3n) is 4.47. The molecule has 1 fully saturated rings. The fourth-order valence-corrected chi connectivity index (χ4v) is 3.26. The highest BCUT2D eigenvalue weighted by molar-refractivity contribution is 6.30. The van der Waals surface area contributed by atoms with E-state index in [1.165, 1.54) is 5.69 Å². The second-order valence-corrected chi connectivity index (χ2v) is 6.56. The molecule has 0 saturated carbocycles. The van der Waals surface area contributed by atoms with E-state index in [1.807, 2.05) is 43.6 Å². The number of aryl methyl sites for hydroxylation is 1. The Morgan fingerprint density at radius 2 is 2.08 bits per heavy atom. The summed E-state index contributed by atoms with van der Waals surface area (Å²) in [6, 6.07) is 11.8. The fraction of sp³-hybridized carbons (Fsp3) is 0.333. The molecule has 0 bridgehead atoms. The number of benzene rings is 1. The van der Waals surface area contributed by atoms with Crippen molar-refractivity contribution < 1.29 is 9.26 Å². The summed E-state index contributed by atoms with van der Waals surface area (Å²) in [6.45, 7) is 2.80. The predicted molar refractivity (Wildman–Crippen MR) is 94.1 cm³/mol. The van der Waals surface area contributed by atoms with E-state index in [0.717, 1.165) is 12.1 Å². The molecule has 3 heterocycles. The van der Waals surface area contributed by atoms with Gasteiger partial charge in [0.05, 0.1) is 25.8 Å². The van der Waals surface area contributed by atoms with Gasteiger partial charge in [0.2, 0.25) is 11.7 Å². The standard InChI is InChI=1S/C18H19ClN4O2/c1-22-8-2-3-15(22)16-12-24-10-9-23(16)11-17-20-18(21-25-17)13-4-6-14(19)7-5-13/h2-8,16H,9-12H2,1H3. The minimum Gasteiger partial charge on any atom is -0.378 e. The lowest BCUT2D eigenvalue weighted by atomic mass is 10.1. The summed E-state index contributed by atoms with van der Waals surface area (Å²) in [5, 5.41) is 4.78. The Morgan fingerprint density at radius 1 is 1.24 bits per heavy atom. The van der Waals surface area contributed by atoms with Crippen molar-refractivity contribution in [1.29, 1.82) is 0 Å². The van der Waals surface area contributed by atoms with Crippen LogP contribution >= 0.6 is 11.6 Å². The molecule has 0 N–H and O–H groups in total. The summed E-state index contributed by atoms with van der Waals surface area (Å²) >= 11 is 5.93. The molecule has 25 heavy (non-hydrogen) atoms. The largest absolute Gasteiger partial charge is 0.378 e. The smallest absolute Gasteiger partial charge is 0.241 e. The maximum Gasteiger partial charge on any atom is 0.241 e. The van der Waals surface area contributed by atoms with Gasteiger partial charge in [-0.2, -0.15) is 4.98 Å². The van der Waals surface area contributed by atoms with Crippen LogP contribution in [0.1, 0.15) is 17.6 Å². The monoisotopic (exact) mass is 358 g/mol. The van der Waals surface area contributed by atoms with Crippen molar-refractivity contribution in [3.63, 3.8) is 0 Å². The van der Waals surface area contributed by atoms with Gasteiger partial charge in [-0.3, -0.25) is 4.90 Å². The van der Waals surface area contributed by atoms with Gasteiger partial charge in [-0.15, -0.1) is 0 Å². The van der Waals surface area contributed by atoms with Crippen molar-refractivity contribution in [2.24, 2.45) is 7.05 Å². The molecular weight excluding hydrogens is 340 g/mol. The lowest BCUT2D eigenvalue weighted by Crippen LogP contribution is -2.39. The average Bonchev–Trinajstić information content (AvgIpc) is 3.25. The predicted octanol–water partition coefficient (Wildman–Crippen LogP) is 3.30. The van der Waals surface area contributed by atoms with Crippen LogP contribution in [0.2, 0.25) is 5.02 Å². The van der Waals surface area contributed by atoms with Crippen molar-refractivity contribution in [1.82, 2.24) is 19.6 Å². The molecule has 2 aromatic heterocycles. The molecule has 1 aromatic carbocycles. The van der Waals surface area contributed by atoms with Crippen molar-refractivity contribution in [3.05, 3.63) is 59.2 Å². The average molecular weight is 359 g/mol. The number of morpholine rings is 1. The summed E-state index contributed by atoms with van der Waals surface area (Å²) < 4.78 is 13.3. The Kier molecular flexibility index (Phi) is 4.57. The molecule has 0 aliphatic carbocycles. The third-order valence-corrected chi connectivity index (χ3v) is 4.73. The SMILES string of the molecule is Cn1cccc1C1COCCN1Cc1nc(-c2ccc(Cl)cc2)no1. The molecule has 4 rings (SSSR count). The molecule has 1 atom stereocenters. The number of aromatic nitrogens is 3. The van der Waals surface area contributed by atoms with Crippen molar-refractivity contribution in [3.8, 4) is 11.4 Å². The summed E-state index contributed by atoms with van der Waals surface area (Å²) in [6.07, 6.45) is 2.05. The zero-order valence-corrected chi connectivity index (χ0v) is 14.7. The van der Waals surface area contributed by atoms with E-state index in [9.17, 15) is 0 Å². The molecule has 1 aliphatic heterocycles. The second kappa shape index (κ2) is 7.00. The minimum absolute atomic E-state index is 0.180. The van der Waals surface area contributed by atoms with Crippen molar-refractivity contribution in [2.45, 2.75) is 12.6 Å². The second-order valence-electron chi connectivity index (χ2n) is 6.12. The highest BCUT2D eigenvalue weighted by atomic mass is 35.5. The summed E-state index contributed by atoms with van der Waals surface area (Å²) in [5.74, 6) is 1.18. The van der Waals surface area contributed by atoms with E-state index in [4.69, 9.17) is 20.9 Å². The fourth-order valence-electron chi connectivity index (χ4n) is 3.13. The number of nitrogens with zero attached hydrogens (tertiary/aromatic N) is 4. The number of hydrogen-bond acceptors (Lipinski definition) is 5. The minimum atomic E-state index is 0.180. The van der Waals surface area contributed by atoms with E-state index < -0.39 is 0 Å². The van der Waals surface area contributed by atoms with E-state index >= 15 is 0 Å². The highest BCUT2D eigenvalue weighted by Crippen LogP contribution is 2.26. The molecule has 1 unspecified atom stereocenters. The molecule has 0 amide bonds. The summed E-state index contributed by atoms with van der Waals surface area (Å²) in [5.41, 5.74) is 2.11. The first-order valence-electron chi connectivity index (χ1n) is 8.22. The van der Waals surface area contributed by atoms with Crippen LogP contribution in [0.15, 0.2) is 47.1 Å². The van der Waals surface area contributed by atoms with Crippen LogP contribution in [0.3, 0.4) is 0 Å². The number of halogens is 1. The third kappa shape index (κ3) is 3.46. The Bertz CT molecular complexity index is 843. The van der Waals surface area contributed by atoms with Crippen LogP contribution in [0, 0.1) is 0 Å². The Balaban J connectivity index is 1.52. The van der Waals surface area contributed by atoms with Crippen LogP contribution in [-0.2, 0) is 18.3 Å². The van der Waals surface area contributed by atoms with Crippen LogP contribution in [-0.4, -0.2) is 39.4 Å². The van der Waals surface area contributed by atoms with Gasteiger partial charge in [-0.1, -0.05) is 16.8 Å². The number of rotatable bonds is 4. The van der Waals surface area contributed by atoms with Gasteiger partial charge >= 0.3 is 0 Å². The summed E-state index contributed by atoms with van der Waals surface area (Å²) in [7, 11) is 2.05. The number of hydrogen-bond donors (Lipinski definition) is 0. The normalized spacial score (nSPS) is 18.6. The highest BCUT2D eigenvalue weighted by Gasteiger charge is 2.27. The van der Waals surface area contributed by atoms with Gasteiger partial charge in [0.1, 0.15) is 0 Å². The topological polar surface area (TPSA) is 56.3 Å². The van der Waals surface area contributed by atoms with Crippen LogP contribution in [0.5, 0.6) is 0 Å². The lowest BCUT2D eigenvalue weighted by molar-refractivity contribution is -0.0192. The zero-order chi connectivity index (χ0) is 17.2. The first-order chi connectivity index (χ1) is 12.2. The van der Waals surface area contributed by atoms with Gasteiger partial charge in [0.25, 0.3) is 0 Å². The molecule has 130 valence electrons. The Labute approximate surface area is 151 Å². The van der Waals surface area contributed by atoms with Crippen LogP contribution in [0.25, 0.3) is 11.4 Å². The van der Waals surface area contributed by atoms with E-state index in [0.29, 0.717) is 36.5 Å². The maximum atomic E-state index is 5.93. The zero-order valence-electron chi connectivity index (χ0n) is 13.9. The molecular formula is C18H19ClN4O2. The van der Waals surface area contributed by atoms with Gasteiger partial charge < -0.3 is 13.8 Å². The number of ether oxygens (including phenoxy) is 1. The molecule has 0 spiro atoms.